The number of amides is 1. The molecule has 1 amide bonds. The van der Waals surface area contributed by atoms with Crippen LogP contribution in [0.1, 0.15) is 19.3 Å². The standard InChI is InChI=1S/C15H20N2O3.C2H2O4/c18-15(11-17-6-2-1-3-7-17)16-12-4-5-13-14(10-12)20-9-8-19-13;3-1(4)2(5)6/h4-5,10H,1-3,6-9,11H2,(H,16,18);(H,3,4)(H,5,6). The highest BCUT2D eigenvalue weighted by molar-refractivity contribution is 6.27. The van der Waals surface area contributed by atoms with Crippen molar-refractivity contribution in [3.8, 4) is 11.5 Å². The van der Waals surface area contributed by atoms with Gasteiger partial charge in [0.15, 0.2) is 11.5 Å². The van der Waals surface area contributed by atoms with Gasteiger partial charge in [0.1, 0.15) is 13.2 Å². The summed E-state index contributed by atoms with van der Waals surface area (Å²) >= 11 is 0. The summed E-state index contributed by atoms with van der Waals surface area (Å²) in [5, 5.41) is 17.7. The maximum absolute atomic E-state index is 12.0. The Morgan fingerprint density at radius 1 is 0.962 bits per heavy atom. The summed E-state index contributed by atoms with van der Waals surface area (Å²) in [7, 11) is 0. The summed E-state index contributed by atoms with van der Waals surface area (Å²) in [4.78, 5) is 32.4. The van der Waals surface area contributed by atoms with E-state index in [0.29, 0.717) is 25.5 Å². The highest BCUT2D eigenvalue weighted by Crippen LogP contribution is 2.32. The van der Waals surface area contributed by atoms with Gasteiger partial charge in [-0.15, -0.1) is 0 Å². The minimum atomic E-state index is -1.82. The first kappa shape index (κ1) is 19.5. The molecule has 1 fully saturated rings. The van der Waals surface area contributed by atoms with Crippen LogP contribution in [-0.4, -0.2) is 65.8 Å². The van der Waals surface area contributed by atoms with Gasteiger partial charge in [0.05, 0.1) is 6.54 Å². The van der Waals surface area contributed by atoms with Gasteiger partial charge in [0, 0.05) is 11.8 Å². The lowest BCUT2D eigenvalue weighted by Crippen LogP contribution is -2.36. The van der Waals surface area contributed by atoms with Gasteiger partial charge in [-0.1, -0.05) is 6.42 Å². The van der Waals surface area contributed by atoms with Crippen LogP contribution in [-0.2, 0) is 14.4 Å². The van der Waals surface area contributed by atoms with Gasteiger partial charge < -0.3 is 25.0 Å². The number of rotatable bonds is 3. The molecule has 2 aliphatic rings. The summed E-state index contributed by atoms with van der Waals surface area (Å²) in [5.41, 5.74) is 0.760. The van der Waals surface area contributed by atoms with Crippen molar-refractivity contribution in [3.05, 3.63) is 18.2 Å². The van der Waals surface area contributed by atoms with Gasteiger partial charge in [-0.3, -0.25) is 9.69 Å². The Labute approximate surface area is 150 Å². The molecule has 0 atom stereocenters. The minimum Gasteiger partial charge on any atom is -0.486 e. The number of anilines is 1. The quantitative estimate of drug-likeness (QED) is 0.678. The molecule has 9 nitrogen and oxygen atoms in total. The molecular formula is C17H22N2O7. The summed E-state index contributed by atoms with van der Waals surface area (Å²) < 4.78 is 11.0. The number of carboxylic acid groups (broad SMARTS) is 2. The number of likely N-dealkylation sites (tertiary alicyclic amines) is 1. The largest absolute Gasteiger partial charge is 0.486 e. The maximum Gasteiger partial charge on any atom is 0.414 e. The van der Waals surface area contributed by atoms with Gasteiger partial charge in [-0.05, 0) is 38.1 Å². The van der Waals surface area contributed by atoms with Crippen LogP contribution in [0.3, 0.4) is 0 Å². The van der Waals surface area contributed by atoms with E-state index < -0.39 is 11.9 Å². The Hall–Kier alpha value is -2.81. The molecule has 1 saturated heterocycles. The third-order valence-electron chi connectivity index (χ3n) is 3.82. The number of hydrogen-bond donors (Lipinski definition) is 3. The van der Waals surface area contributed by atoms with Gasteiger partial charge >= 0.3 is 11.9 Å². The van der Waals surface area contributed by atoms with Crippen LogP contribution in [0.25, 0.3) is 0 Å². The molecular weight excluding hydrogens is 344 g/mol. The van der Waals surface area contributed by atoms with E-state index in [9.17, 15) is 4.79 Å². The van der Waals surface area contributed by atoms with E-state index in [0.717, 1.165) is 24.5 Å². The average molecular weight is 366 g/mol. The summed E-state index contributed by atoms with van der Waals surface area (Å²) in [6, 6.07) is 5.51. The molecule has 3 rings (SSSR count). The number of aliphatic carboxylic acids is 2. The molecule has 0 aliphatic carbocycles. The molecule has 142 valence electrons. The Morgan fingerprint density at radius 2 is 1.58 bits per heavy atom. The smallest absolute Gasteiger partial charge is 0.414 e. The van der Waals surface area contributed by atoms with Gasteiger partial charge in [0.25, 0.3) is 0 Å². The van der Waals surface area contributed by atoms with Crippen LogP contribution in [0, 0.1) is 0 Å². The van der Waals surface area contributed by atoms with Crippen LogP contribution in [0.15, 0.2) is 18.2 Å². The monoisotopic (exact) mass is 366 g/mol. The van der Waals surface area contributed by atoms with Crippen LogP contribution in [0.4, 0.5) is 5.69 Å². The van der Waals surface area contributed by atoms with Crippen LogP contribution in [0.5, 0.6) is 11.5 Å². The number of piperidine rings is 1. The number of carbonyl (C=O) groups excluding carboxylic acids is 1. The Balaban J connectivity index is 0.000000352. The summed E-state index contributed by atoms with van der Waals surface area (Å²) in [6.45, 7) is 3.64. The van der Waals surface area contributed by atoms with E-state index in [4.69, 9.17) is 29.3 Å². The molecule has 26 heavy (non-hydrogen) atoms. The molecule has 0 aromatic heterocycles. The van der Waals surface area contributed by atoms with Crippen LogP contribution < -0.4 is 14.8 Å². The highest BCUT2D eigenvalue weighted by atomic mass is 16.6. The van der Waals surface area contributed by atoms with E-state index >= 15 is 0 Å². The SMILES string of the molecule is O=C(CN1CCCCC1)Nc1ccc2c(c1)OCCO2.O=C(O)C(=O)O. The van der Waals surface area contributed by atoms with Crippen molar-refractivity contribution in [2.75, 3.05) is 38.2 Å². The number of nitrogens with one attached hydrogen (secondary N) is 1. The second-order valence-electron chi connectivity index (χ2n) is 5.85. The highest BCUT2D eigenvalue weighted by Gasteiger charge is 2.16. The van der Waals surface area contributed by atoms with Crippen LogP contribution >= 0.6 is 0 Å². The Bertz CT molecular complexity index is 645. The van der Waals surface area contributed by atoms with E-state index in [2.05, 4.69) is 10.2 Å². The maximum atomic E-state index is 12.0. The number of nitrogens with zero attached hydrogens (tertiary/aromatic N) is 1. The van der Waals surface area contributed by atoms with Gasteiger partial charge in [0.2, 0.25) is 5.91 Å². The predicted molar refractivity (Wildman–Crippen MR) is 91.6 cm³/mol. The van der Waals surface area contributed by atoms with E-state index in [-0.39, 0.29) is 5.91 Å². The number of benzene rings is 1. The molecule has 3 N–H and O–H groups in total. The zero-order valence-corrected chi connectivity index (χ0v) is 14.3. The fourth-order valence-corrected chi connectivity index (χ4v) is 2.64. The fraction of sp³-hybridized carbons (Fsp3) is 0.471. The minimum absolute atomic E-state index is 0.0311. The first-order chi connectivity index (χ1) is 12.5. The normalized spacial score (nSPS) is 16.0. The van der Waals surface area contributed by atoms with Crippen molar-refractivity contribution in [3.63, 3.8) is 0 Å². The molecule has 9 heteroatoms. The van der Waals surface area contributed by atoms with Crippen molar-refractivity contribution < 1.29 is 34.1 Å². The van der Waals surface area contributed by atoms with E-state index in [1.54, 1.807) is 0 Å². The zero-order valence-electron chi connectivity index (χ0n) is 14.3. The second kappa shape index (κ2) is 9.62. The third kappa shape index (κ3) is 6.25. The number of carboxylic acids is 2. The molecule has 1 aromatic rings. The molecule has 0 spiro atoms. The molecule has 0 unspecified atom stereocenters. The van der Waals surface area contributed by atoms with Crippen molar-refractivity contribution in [1.29, 1.82) is 0 Å². The number of carbonyl (C=O) groups is 3. The molecule has 0 radical (unpaired) electrons. The lowest BCUT2D eigenvalue weighted by Gasteiger charge is -2.25. The van der Waals surface area contributed by atoms with Crippen molar-refractivity contribution >= 4 is 23.5 Å². The average Bonchev–Trinajstić information content (AvgIpc) is 2.63. The number of fused-ring (bicyclic) bond motifs is 1. The number of hydrogen-bond acceptors (Lipinski definition) is 6. The first-order valence-electron chi connectivity index (χ1n) is 8.34. The van der Waals surface area contributed by atoms with Crippen molar-refractivity contribution in [2.45, 2.75) is 19.3 Å². The van der Waals surface area contributed by atoms with Gasteiger partial charge in [-0.25, -0.2) is 9.59 Å². The van der Waals surface area contributed by atoms with Crippen molar-refractivity contribution in [2.24, 2.45) is 0 Å². The molecule has 2 aliphatic heterocycles. The first-order valence-corrected chi connectivity index (χ1v) is 8.34. The van der Waals surface area contributed by atoms with Gasteiger partial charge in [-0.2, -0.15) is 0 Å². The predicted octanol–water partition coefficient (Wildman–Crippen LogP) is 1.04. The lowest BCUT2D eigenvalue weighted by atomic mass is 10.1. The Morgan fingerprint density at radius 3 is 2.19 bits per heavy atom. The molecule has 2 heterocycles. The molecule has 0 bridgehead atoms. The number of ether oxygens (including phenoxy) is 2. The van der Waals surface area contributed by atoms with Crippen LogP contribution in [0.2, 0.25) is 0 Å². The van der Waals surface area contributed by atoms with E-state index in [1.165, 1.54) is 19.3 Å². The van der Waals surface area contributed by atoms with Crippen molar-refractivity contribution in [1.82, 2.24) is 4.90 Å². The summed E-state index contributed by atoms with van der Waals surface area (Å²) in [5.74, 6) is -2.18. The molecule has 1 aromatic carbocycles. The molecule has 0 saturated carbocycles. The van der Waals surface area contributed by atoms with E-state index in [1.807, 2.05) is 18.2 Å². The summed E-state index contributed by atoms with van der Waals surface area (Å²) in [6.07, 6.45) is 3.66. The third-order valence-corrected chi connectivity index (χ3v) is 3.82. The second-order valence-corrected chi connectivity index (χ2v) is 5.85. The lowest BCUT2D eigenvalue weighted by molar-refractivity contribution is -0.159. The fourth-order valence-electron chi connectivity index (χ4n) is 2.64. The Kier molecular flexibility index (Phi) is 7.22. The zero-order chi connectivity index (χ0) is 18.9. The topological polar surface area (TPSA) is 125 Å².